The van der Waals surface area contributed by atoms with E-state index in [0.717, 1.165) is 22.0 Å². The summed E-state index contributed by atoms with van der Waals surface area (Å²) in [5.74, 6) is 0. The zero-order chi connectivity index (χ0) is 11.7. The highest BCUT2D eigenvalue weighted by molar-refractivity contribution is 5.85. The van der Waals surface area contributed by atoms with E-state index in [1.54, 1.807) is 0 Å². The van der Waals surface area contributed by atoms with E-state index >= 15 is 0 Å². The van der Waals surface area contributed by atoms with Crippen molar-refractivity contribution in [1.82, 2.24) is 4.98 Å². The van der Waals surface area contributed by atoms with Crippen LogP contribution in [0.3, 0.4) is 0 Å². The molecule has 17 heavy (non-hydrogen) atoms. The molecule has 0 spiro atoms. The molecule has 1 heterocycles. The number of aromatic nitrogens is 1. The monoisotopic (exact) mass is 252 g/mol. The summed E-state index contributed by atoms with van der Waals surface area (Å²) in [5, 5.41) is 1.08. The van der Waals surface area contributed by atoms with Gasteiger partial charge in [0, 0.05) is 5.56 Å². The minimum absolute atomic E-state index is 0. The number of fused-ring (bicyclic) bond motifs is 1. The number of hydrogen-bond donors (Lipinski definition) is 2. The second-order valence-corrected chi connectivity index (χ2v) is 4.13. The molecular weight excluding hydrogens is 236 g/mol. The first-order valence-corrected chi connectivity index (χ1v) is 5.45. The van der Waals surface area contributed by atoms with E-state index in [0.29, 0.717) is 13.0 Å². The fourth-order valence-corrected chi connectivity index (χ4v) is 1.91. The predicted octanol–water partition coefficient (Wildman–Crippen LogP) is 2.07. The van der Waals surface area contributed by atoms with Crippen molar-refractivity contribution >= 4 is 23.3 Å². The highest BCUT2D eigenvalue weighted by Crippen LogP contribution is 2.18. The maximum absolute atomic E-state index is 11.8. The van der Waals surface area contributed by atoms with Gasteiger partial charge in [0.1, 0.15) is 0 Å². The Hall–Kier alpha value is -1.32. The Labute approximate surface area is 106 Å². The molecule has 0 atom stereocenters. The Morgan fingerprint density at radius 1 is 1.29 bits per heavy atom. The summed E-state index contributed by atoms with van der Waals surface area (Å²) in [7, 11) is 0. The van der Waals surface area contributed by atoms with Gasteiger partial charge in [0.15, 0.2) is 0 Å². The minimum Gasteiger partial charge on any atom is -0.330 e. The second kappa shape index (κ2) is 5.34. The molecule has 2 aromatic rings. The summed E-state index contributed by atoms with van der Waals surface area (Å²) in [4.78, 5) is 14.7. The molecule has 3 N–H and O–H groups in total. The van der Waals surface area contributed by atoms with E-state index in [-0.39, 0.29) is 18.0 Å². The zero-order valence-electron chi connectivity index (χ0n) is 10.0. The van der Waals surface area contributed by atoms with Gasteiger partial charge < -0.3 is 10.7 Å². The van der Waals surface area contributed by atoms with Gasteiger partial charge in [-0.15, -0.1) is 12.4 Å². The van der Waals surface area contributed by atoms with Gasteiger partial charge in [-0.25, -0.2) is 0 Å². The second-order valence-electron chi connectivity index (χ2n) is 4.13. The van der Waals surface area contributed by atoms with Crippen LogP contribution >= 0.6 is 12.4 Å². The fourth-order valence-electron chi connectivity index (χ4n) is 1.91. The maximum Gasteiger partial charge on any atom is 0.251 e. The van der Waals surface area contributed by atoms with E-state index < -0.39 is 0 Å². The molecule has 4 heteroatoms. The summed E-state index contributed by atoms with van der Waals surface area (Å²) in [5.41, 5.74) is 9.47. The van der Waals surface area contributed by atoms with Gasteiger partial charge in [0.05, 0.1) is 5.52 Å². The van der Waals surface area contributed by atoms with Crippen LogP contribution in [-0.4, -0.2) is 11.5 Å². The average Bonchev–Trinajstić information content (AvgIpc) is 2.26. The van der Waals surface area contributed by atoms with Gasteiger partial charge in [-0.1, -0.05) is 12.1 Å². The summed E-state index contributed by atoms with van der Waals surface area (Å²) >= 11 is 0. The first-order valence-electron chi connectivity index (χ1n) is 5.45. The molecular formula is C13H17ClN2O. The number of benzene rings is 1. The normalized spacial score (nSPS) is 10.3. The van der Waals surface area contributed by atoms with Crippen molar-refractivity contribution in [3.63, 3.8) is 0 Å². The van der Waals surface area contributed by atoms with Gasteiger partial charge in [0.25, 0.3) is 5.56 Å². The van der Waals surface area contributed by atoms with Gasteiger partial charge in [-0.2, -0.15) is 0 Å². The maximum atomic E-state index is 11.8. The first kappa shape index (κ1) is 13.7. The van der Waals surface area contributed by atoms with Crippen LogP contribution < -0.4 is 11.3 Å². The van der Waals surface area contributed by atoms with Crippen LogP contribution in [0.1, 0.15) is 16.7 Å². The number of aromatic amines is 1. The third-order valence-corrected chi connectivity index (χ3v) is 3.04. The van der Waals surface area contributed by atoms with Crippen LogP contribution in [0.2, 0.25) is 0 Å². The number of nitrogens with two attached hydrogens (primary N) is 1. The number of pyridine rings is 1. The molecule has 0 fully saturated rings. The molecule has 0 bridgehead atoms. The minimum atomic E-state index is -0.0216. The number of halogens is 1. The Morgan fingerprint density at radius 2 is 2.00 bits per heavy atom. The molecule has 92 valence electrons. The van der Waals surface area contributed by atoms with Crippen LogP contribution in [0.4, 0.5) is 0 Å². The molecule has 0 amide bonds. The molecule has 0 aliphatic rings. The quantitative estimate of drug-likeness (QED) is 0.860. The van der Waals surface area contributed by atoms with Crippen molar-refractivity contribution in [2.24, 2.45) is 5.73 Å². The van der Waals surface area contributed by atoms with Crippen molar-refractivity contribution in [3.05, 3.63) is 45.2 Å². The van der Waals surface area contributed by atoms with E-state index in [9.17, 15) is 4.79 Å². The molecule has 2 rings (SSSR count). The molecule has 1 aromatic carbocycles. The highest BCUT2D eigenvalue weighted by Gasteiger charge is 2.05. The standard InChI is InChI=1S/C13H16N2O.ClH/c1-8-3-4-10-7-11(5-6-14)13(16)15-12(10)9(8)2;/h3-4,7H,5-6,14H2,1-2H3,(H,15,16);1H. The van der Waals surface area contributed by atoms with Gasteiger partial charge in [0.2, 0.25) is 0 Å². The third-order valence-electron chi connectivity index (χ3n) is 3.04. The average molecular weight is 253 g/mol. The van der Waals surface area contributed by atoms with Gasteiger partial charge in [-0.05, 0) is 49.4 Å². The summed E-state index contributed by atoms with van der Waals surface area (Å²) in [6, 6.07) is 6.04. The molecule has 3 nitrogen and oxygen atoms in total. The van der Waals surface area contributed by atoms with E-state index in [1.807, 2.05) is 26.0 Å². The van der Waals surface area contributed by atoms with Crippen LogP contribution in [-0.2, 0) is 6.42 Å². The molecule has 0 aliphatic carbocycles. The number of hydrogen-bond acceptors (Lipinski definition) is 2. The van der Waals surface area contributed by atoms with Crippen LogP contribution in [0.25, 0.3) is 10.9 Å². The van der Waals surface area contributed by atoms with E-state index in [1.165, 1.54) is 5.56 Å². The van der Waals surface area contributed by atoms with Crippen molar-refractivity contribution in [1.29, 1.82) is 0 Å². The Bertz CT molecular complexity index is 590. The molecule has 0 radical (unpaired) electrons. The number of H-pyrrole nitrogens is 1. The SMILES string of the molecule is Cc1ccc2cc(CCN)c(=O)[nH]c2c1C.Cl. The Balaban J connectivity index is 0.00000144. The van der Waals surface area contributed by atoms with Crippen LogP contribution in [0, 0.1) is 13.8 Å². The summed E-state index contributed by atoms with van der Waals surface area (Å²) in [6.45, 7) is 4.57. The molecule has 0 aliphatic heterocycles. The lowest BCUT2D eigenvalue weighted by Gasteiger charge is -2.07. The van der Waals surface area contributed by atoms with E-state index in [2.05, 4.69) is 11.1 Å². The predicted molar refractivity (Wildman–Crippen MR) is 74.0 cm³/mol. The van der Waals surface area contributed by atoms with Crippen LogP contribution in [0.5, 0.6) is 0 Å². The van der Waals surface area contributed by atoms with Crippen molar-refractivity contribution < 1.29 is 0 Å². The lowest BCUT2D eigenvalue weighted by Crippen LogP contribution is -2.16. The Morgan fingerprint density at radius 3 is 2.65 bits per heavy atom. The smallest absolute Gasteiger partial charge is 0.251 e. The van der Waals surface area contributed by atoms with Crippen molar-refractivity contribution in [2.75, 3.05) is 6.54 Å². The summed E-state index contributed by atoms with van der Waals surface area (Å²) < 4.78 is 0. The number of rotatable bonds is 2. The molecule has 0 unspecified atom stereocenters. The lowest BCUT2D eigenvalue weighted by atomic mass is 10.0. The number of aryl methyl sites for hydroxylation is 2. The van der Waals surface area contributed by atoms with Crippen LogP contribution in [0.15, 0.2) is 23.0 Å². The first-order chi connectivity index (χ1) is 7.63. The molecule has 0 saturated heterocycles. The zero-order valence-corrected chi connectivity index (χ0v) is 10.9. The molecule has 1 aromatic heterocycles. The van der Waals surface area contributed by atoms with Crippen molar-refractivity contribution in [2.45, 2.75) is 20.3 Å². The van der Waals surface area contributed by atoms with Crippen molar-refractivity contribution in [3.8, 4) is 0 Å². The third kappa shape index (κ3) is 2.51. The fraction of sp³-hybridized carbons (Fsp3) is 0.308. The summed E-state index contributed by atoms with van der Waals surface area (Å²) in [6.07, 6.45) is 0.623. The largest absolute Gasteiger partial charge is 0.330 e. The Kier molecular flexibility index (Phi) is 4.32. The lowest BCUT2D eigenvalue weighted by molar-refractivity contribution is 0.948. The number of nitrogens with one attached hydrogen (secondary N) is 1. The van der Waals surface area contributed by atoms with E-state index in [4.69, 9.17) is 5.73 Å². The van der Waals surface area contributed by atoms with Gasteiger partial charge in [-0.3, -0.25) is 4.79 Å². The highest BCUT2D eigenvalue weighted by atomic mass is 35.5. The molecule has 0 saturated carbocycles. The topological polar surface area (TPSA) is 58.9 Å². The van der Waals surface area contributed by atoms with Gasteiger partial charge >= 0.3 is 0 Å².